The van der Waals surface area contributed by atoms with Crippen molar-refractivity contribution in [2.45, 2.75) is 20.4 Å². The molecule has 0 aliphatic carbocycles. The van der Waals surface area contributed by atoms with E-state index in [-0.39, 0.29) is 18.3 Å². The molecule has 0 unspecified atom stereocenters. The van der Waals surface area contributed by atoms with E-state index < -0.39 is 0 Å². The third kappa shape index (κ3) is 4.80. The minimum atomic E-state index is -0.314. The largest absolute Gasteiger partial charge is 0.309 e. The molecule has 3 aromatic rings. The van der Waals surface area contributed by atoms with Crippen LogP contribution >= 0.6 is 0 Å². The summed E-state index contributed by atoms with van der Waals surface area (Å²) in [4.78, 5) is 14.5. The van der Waals surface area contributed by atoms with Crippen molar-refractivity contribution in [3.8, 4) is 5.69 Å². The summed E-state index contributed by atoms with van der Waals surface area (Å²) in [6.07, 6.45) is 0. The van der Waals surface area contributed by atoms with Gasteiger partial charge < -0.3 is 5.32 Å². The fraction of sp³-hybridized carbons (Fsp3) is 0.238. The fourth-order valence-electron chi connectivity index (χ4n) is 2.93. The van der Waals surface area contributed by atoms with Crippen molar-refractivity contribution in [2.75, 3.05) is 18.9 Å². The highest BCUT2D eigenvalue weighted by Gasteiger charge is 2.13. The van der Waals surface area contributed by atoms with Crippen LogP contribution in [0.15, 0.2) is 54.6 Å². The summed E-state index contributed by atoms with van der Waals surface area (Å²) in [5.74, 6) is 0.119. The monoisotopic (exact) mass is 366 g/mol. The third-order valence-corrected chi connectivity index (χ3v) is 4.29. The lowest BCUT2D eigenvalue weighted by Crippen LogP contribution is -2.30. The van der Waals surface area contributed by atoms with Crippen LogP contribution in [-0.4, -0.2) is 34.2 Å². The molecular weight excluding hydrogens is 343 g/mol. The van der Waals surface area contributed by atoms with Crippen molar-refractivity contribution in [3.05, 3.63) is 77.2 Å². The molecule has 2 aromatic carbocycles. The Morgan fingerprint density at radius 3 is 2.56 bits per heavy atom. The molecule has 0 saturated carbocycles. The highest BCUT2D eigenvalue weighted by molar-refractivity contribution is 5.91. The number of halogens is 1. The maximum atomic E-state index is 13.2. The van der Waals surface area contributed by atoms with Crippen LogP contribution in [0.25, 0.3) is 5.69 Å². The zero-order valence-electron chi connectivity index (χ0n) is 15.7. The van der Waals surface area contributed by atoms with Crippen molar-refractivity contribution >= 4 is 11.7 Å². The molecule has 5 nitrogen and oxygen atoms in total. The molecule has 1 amide bonds. The standard InChI is InChI=1S/C21H23FN4O/c1-15-6-4-5-7-17(15)13-25(3)14-21(27)23-20-12-16(2)24-26(20)19-10-8-18(22)9-11-19/h4-12H,13-14H2,1-3H3,(H,23,27). The predicted octanol–water partition coefficient (Wildman–Crippen LogP) is 3.70. The number of hydrogen-bond acceptors (Lipinski definition) is 3. The number of likely N-dealkylation sites (N-methyl/N-ethyl adjacent to an activating group) is 1. The van der Waals surface area contributed by atoms with Gasteiger partial charge in [0.15, 0.2) is 0 Å². The lowest BCUT2D eigenvalue weighted by atomic mass is 10.1. The Bertz CT molecular complexity index is 934. The molecule has 6 heteroatoms. The van der Waals surface area contributed by atoms with Crippen molar-refractivity contribution in [1.82, 2.24) is 14.7 Å². The molecule has 0 bridgehead atoms. The van der Waals surface area contributed by atoms with Crippen molar-refractivity contribution < 1.29 is 9.18 Å². The van der Waals surface area contributed by atoms with Gasteiger partial charge in [-0.3, -0.25) is 9.69 Å². The van der Waals surface area contributed by atoms with Gasteiger partial charge in [0.2, 0.25) is 5.91 Å². The Morgan fingerprint density at radius 1 is 1.15 bits per heavy atom. The molecule has 27 heavy (non-hydrogen) atoms. The number of anilines is 1. The highest BCUT2D eigenvalue weighted by atomic mass is 19.1. The quantitative estimate of drug-likeness (QED) is 0.724. The highest BCUT2D eigenvalue weighted by Crippen LogP contribution is 2.18. The van der Waals surface area contributed by atoms with Crippen LogP contribution in [0.4, 0.5) is 10.2 Å². The minimum Gasteiger partial charge on any atom is -0.309 e. The van der Waals surface area contributed by atoms with Gasteiger partial charge in [0.25, 0.3) is 0 Å². The number of carbonyl (C=O) groups excluding carboxylic acids is 1. The summed E-state index contributed by atoms with van der Waals surface area (Å²) < 4.78 is 14.8. The molecule has 0 saturated heterocycles. The Balaban J connectivity index is 1.67. The number of aromatic nitrogens is 2. The third-order valence-electron chi connectivity index (χ3n) is 4.29. The Kier molecular flexibility index (Phi) is 5.66. The first-order valence-electron chi connectivity index (χ1n) is 8.78. The van der Waals surface area contributed by atoms with Crippen LogP contribution in [0.1, 0.15) is 16.8 Å². The van der Waals surface area contributed by atoms with E-state index in [1.54, 1.807) is 22.9 Å². The zero-order chi connectivity index (χ0) is 19.4. The van der Waals surface area contributed by atoms with E-state index in [0.717, 1.165) is 5.69 Å². The second-order valence-corrected chi connectivity index (χ2v) is 6.71. The number of hydrogen-bond donors (Lipinski definition) is 1. The van der Waals surface area contributed by atoms with Crippen molar-refractivity contribution in [1.29, 1.82) is 0 Å². The summed E-state index contributed by atoms with van der Waals surface area (Å²) in [6.45, 7) is 4.85. The molecule has 0 aliphatic rings. The van der Waals surface area contributed by atoms with E-state index in [0.29, 0.717) is 18.1 Å². The van der Waals surface area contributed by atoms with Crippen molar-refractivity contribution in [3.63, 3.8) is 0 Å². The molecule has 0 aliphatic heterocycles. The maximum Gasteiger partial charge on any atom is 0.239 e. The number of benzene rings is 2. The van der Waals surface area contributed by atoms with E-state index in [2.05, 4.69) is 29.5 Å². The summed E-state index contributed by atoms with van der Waals surface area (Å²) in [7, 11) is 1.91. The number of aryl methyl sites for hydroxylation is 2. The number of carbonyl (C=O) groups is 1. The second kappa shape index (κ2) is 8.14. The molecule has 1 aromatic heterocycles. The van der Waals surface area contributed by atoms with E-state index in [1.807, 2.05) is 31.0 Å². The summed E-state index contributed by atoms with van der Waals surface area (Å²) in [6, 6.07) is 15.9. The van der Waals surface area contributed by atoms with Crippen LogP contribution < -0.4 is 5.32 Å². The zero-order valence-corrected chi connectivity index (χ0v) is 15.7. The molecular formula is C21H23FN4O. The van der Waals surface area contributed by atoms with Gasteiger partial charge in [-0.2, -0.15) is 5.10 Å². The minimum absolute atomic E-state index is 0.130. The summed E-state index contributed by atoms with van der Waals surface area (Å²) >= 11 is 0. The molecule has 0 spiro atoms. The van der Waals surface area contributed by atoms with Crippen LogP contribution in [-0.2, 0) is 11.3 Å². The first-order chi connectivity index (χ1) is 12.9. The predicted molar refractivity (Wildman–Crippen MR) is 104 cm³/mol. The summed E-state index contributed by atoms with van der Waals surface area (Å²) in [5, 5.41) is 7.29. The Labute approximate surface area is 158 Å². The molecule has 3 rings (SSSR count). The van der Waals surface area contributed by atoms with Crippen molar-refractivity contribution in [2.24, 2.45) is 0 Å². The molecule has 0 fully saturated rings. The Hall–Kier alpha value is -2.99. The molecule has 0 atom stereocenters. The van der Waals surface area contributed by atoms with Gasteiger partial charge in [0.05, 0.1) is 17.9 Å². The average Bonchev–Trinajstić information content (AvgIpc) is 2.97. The average molecular weight is 366 g/mol. The van der Waals surface area contributed by atoms with Gasteiger partial charge in [0, 0.05) is 12.6 Å². The summed E-state index contributed by atoms with van der Waals surface area (Å²) in [5.41, 5.74) is 3.85. The number of nitrogens with zero attached hydrogens (tertiary/aromatic N) is 3. The SMILES string of the molecule is Cc1cc(NC(=O)CN(C)Cc2ccccc2C)n(-c2ccc(F)cc2)n1. The number of nitrogens with one attached hydrogen (secondary N) is 1. The topological polar surface area (TPSA) is 50.2 Å². The molecule has 1 heterocycles. The fourth-order valence-corrected chi connectivity index (χ4v) is 2.93. The van der Waals surface area contributed by atoms with Gasteiger partial charge in [-0.25, -0.2) is 9.07 Å². The number of amides is 1. The Morgan fingerprint density at radius 2 is 1.85 bits per heavy atom. The van der Waals surface area contributed by atoms with E-state index in [4.69, 9.17) is 0 Å². The van der Waals surface area contributed by atoms with Crippen LogP contribution in [0.2, 0.25) is 0 Å². The van der Waals surface area contributed by atoms with Gasteiger partial charge in [-0.15, -0.1) is 0 Å². The smallest absolute Gasteiger partial charge is 0.239 e. The normalized spacial score (nSPS) is 11.0. The number of rotatable bonds is 6. The van der Waals surface area contributed by atoms with Gasteiger partial charge in [0.1, 0.15) is 11.6 Å². The first kappa shape index (κ1) is 18.8. The van der Waals surface area contributed by atoms with Crippen LogP contribution in [0, 0.1) is 19.7 Å². The molecule has 140 valence electrons. The van der Waals surface area contributed by atoms with Gasteiger partial charge in [-0.05, 0) is 56.3 Å². The van der Waals surface area contributed by atoms with Gasteiger partial charge >= 0.3 is 0 Å². The van der Waals surface area contributed by atoms with Crippen LogP contribution in [0.5, 0.6) is 0 Å². The molecule has 1 N–H and O–H groups in total. The van der Waals surface area contributed by atoms with E-state index in [1.165, 1.54) is 23.3 Å². The second-order valence-electron chi connectivity index (χ2n) is 6.71. The maximum absolute atomic E-state index is 13.2. The van der Waals surface area contributed by atoms with Gasteiger partial charge in [-0.1, -0.05) is 24.3 Å². The first-order valence-corrected chi connectivity index (χ1v) is 8.78. The van der Waals surface area contributed by atoms with Crippen LogP contribution in [0.3, 0.4) is 0 Å². The molecule has 0 radical (unpaired) electrons. The van der Waals surface area contributed by atoms with E-state index in [9.17, 15) is 9.18 Å². The van der Waals surface area contributed by atoms with E-state index >= 15 is 0 Å². The lowest BCUT2D eigenvalue weighted by molar-refractivity contribution is -0.117. The lowest BCUT2D eigenvalue weighted by Gasteiger charge is -2.18.